The van der Waals surface area contributed by atoms with Crippen LogP contribution in [0.1, 0.15) is 39.5 Å². The minimum Gasteiger partial charge on any atom is -0.481 e. The summed E-state index contributed by atoms with van der Waals surface area (Å²) >= 11 is 0. The molecule has 0 unspecified atom stereocenters. The van der Waals surface area contributed by atoms with Crippen molar-refractivity contribution < 1.29 is 14.7 Å². The first-order valence-corrected chi connectivity index (χ1v) is 6.09. The first kappa shape index (κ1) is 14.0. The number of amides is 1. The van der Waals surface area contributed by atoms with Crippen molar-refractivity contribution in [2.24, 2.45) is 11.7 Å². The van der Waals surface area contributed by atoms with E-state index in [9.17, 15) is 9.59 Å². The second-order valence-corrected chi connectivity index (χ2v) is 5.51. The molecule has 5 nitrogen and oxygen atoms in total. The smallest absolute Gasteiger partial charge is 0.308 e. The molecule has 0 aromatic carbocycles. The number of rotatable bonds is 4. The molecule has 1 saturated heterocycles. The lowest BCUT2D eigenvalue weighted by molar-refractivity contribution is -0.145. The highest BCUT2D eigenvalue weighted by Crippen LogP contribution is 2.18. The zero-order chi connectivity index (χ0) is 13.1. The quantitative estimate of drug-likeness (QED) is 0.764. The number of hydrogen-bond acceptors (Lipinski definition) is 3. The van der Waals surface area contributed by atoms with Crippen LogP contribution in [0.5, 0.6) is 0 Å². The zero-order valence-corrected chi connectivity index (χ0v) is 10.6. The van der Waals surface area contributed by atoms with Crippen LogP contribution in [0.15, 0.2) is 0 Å². The van der Waals surface area contributed by atoms with E-state index in [1.165, 1.54) is 0 Å². The standard InChI is InChI=1S/C12H22N2O3/c1-12(2,13)6-5-10(15)14-7-3-4-9(8-14)11(16)17/h9H,3-8,13H2,1-2H3,(H,16,17)/t9-/m1/s1. The highest BCUT2D eigenvalue weighted by Gasteiger charge is 2.28. The summed E-state index contributed by atoms with van der Waals surface area (Å²) in [6, 6.07) is 0. The number of hydrogen-bond donors (Lipinski definition) is 2. The van der Waals surface area contributed by atoms with Gasteiger partial charge < -0.3 is 15.7 Å². The van der Waals surface area contributed by atoms with Gasteiger partial charge in [-0.05, 0) is 33.1 Å². The van der Waals surface area contributed by atoms with Gasteiger partial charge in [-0.25, -0.2) is 0 Å². The highest BCUT2D eigenvalue weighted by atomic mass is 16.4. The molecule has 1 rings (SSSR count). The van der Waals surface area contributed by atoms with Gasteiger partial charge in [0.25, 0.3) is 0 Å². The molecule has 1 heterocycles. The SMILES string of the molecule is CC(C)(N)CCC(=O)N1CCC[C@@H](C(=O)O)C1. The molecule has 98 valence electrons. The van der Waals surface area contributed by atoms with Crippen molar-refractivity contribution in [1.82, 2.24) is 4.90 Å². The lowest BCUT2D eigenvalue weighted by Crippen LogP contribution is -2.43. The summed E-state index contributed by atoms with van der Waals surface area (Å²) in [7, 11) is 0. The molecule has 1 aliphatic heterocycles. The second-order valence-electron chi connectivity index (χ2n) is 5.51. The van der Waals surface area contributed by atoms with Gasteiger partial charge in [0.2, 0.25) is 5.91 Å². The summed E-state index contributed by atoms with van der Waals surface area (Å²) in [5.41, 5.74) is 5.47. The molecule has 0 aromatic rings. The Kier molecular flexibility index (Phi) is 4.51. The molecular formula is C12H22N2O3. The molecule has 0 aromatic heterocycles. The van der Waals surface area contributed by atoms with Gasteiger partial charge in [-0.3, -0.25) is 9.59 Å². The van der Waals surface area contributed by atoms with Gasteiger partial charge in [-0.1, -0.05) is 0 Å². The number of nitrogens with zero attached hydrogens (tertiary/aromatic N) is 1. The number of carboxylic acid groups (broad SMARTS) is 1. The Morgan fingerprint density at radius 3 is 2.65 bits per heavy atom. The van der Waals surface area contributed by atoms with E-state index in [2.05, 4.69) is 0 Å². The molecule has 3 N–H and O–H groups in total. The third kappa shape index (κ3) is 4.73. The number of aliphatic carboxylic acids is 1. The Morgan fingerprint density at radius 1 is 1.47 bits per heavy atom. The fourth-order valence-electron chi connectivity index (χ4n) is 1.99. The average molecular weight is 242 g/mol. The first-order chi connectivity index (χ1) is 7.79. The molecule has 1 fully saturated rings. The molecule has 17 heavy (non-hydrogen) atoms. The third-order valence-corrected chi connectivity index (χ3v) is 3.11. The summed E-state index contributed by atoms with van der Waals surface area (Å²) in [6.45, 7) is 4.79. The maximum absolute atomic E-state index is 11.9. The van der Waals surface area contributed by atoms with Crippen molar-refractivity contribution in [1.29, 1.82) is 0 Å². The Balaban J connectivity index is 2.44. The number of nitrogens with two attached hydrogens (primary N) is 1. The Morgan fingerprint density at radius 2 is 2.12 bits per heavy atom. The van der Waals surface area contributed by atoms with E-state index in [0.29, 0.717) is 32.4 Å². The number of carboxylic acids is 1. The summed E-state index contributed by atoms with van der Waals surface area (Å²) in [4.78, 5) is 24.4. The van der Waals surface area contributed by atoms with Crippen LogP contribution in [0.25, 0.3) is 0 Å². The van der Waals surface area contributed by atoms with E-state index in [1.807, 2.05) is 13.8 Å². The molecule has 5 heteroatoms. The maximum Gasteiger partial charge on any atom is 0.308 e. The van der Waals surface area contributed by atoms with Crippen LogP contribution in [-0.4, -0.2) is 40.5 Å². The number of carbonyl (C=O) groups is 2. The summed E-state index contributed by atoms with van der Waals surface area (Å²) in [5.74, 6) is -1.19. The van der Waals surface area contributed by atoms with Crippen molar-refractivity contribution in [2.45, 2.75) is 45.1 Å². The number of piperidine rings is 1. The predicted octanol–water partition coefficient (Wildman–Crippen LogP) is 0.827. The number of carbonyl (C=O) groups excluding carboxylic acids is 1. The van der Waals surface area contributed by atoms with Gasteiger partial charge in [-0.15, -0.1) is 0 Å². The third-order valence-electron chi connectivity index (χ3n) is 3.11. The van der Waals surface area contributed by atoms with E-state index in [-0.39, 0.29) is 11.4 Å². The van der Waals surface area contributed by atoms with E-state index in [4.69, 9.17) is 10.8 Å². The fraction of sp³-hybridized carbons (Fsp3) is 0.833. The molecule has 0 spiro atoms. The van der Waals surface area contributed by atoms with Crippen LogP contribution in [0.2, 0.25) is 0 Å². The van der Waals surface area contributed by atoms with Gasteiger partial charge >= 0.3 is 5.97 Å². The molecule has 1 aliphatic rings. The summed E-state index contributed by atoms with van der Waals surface area (Å²) < 4.78 is 0. The lowest BCUT2D eigenvalue weighted by Gasteiger charge is -2.31. The molecule has 0 aliphatic carbocycles. The largest absolute Gasteiger partial charge is 0.481 e. The van der Waals surface area contributed by atoms with Gasteiger partial charge in [-0.2, -0.15) is 0 Å². The molecule has 1 atom stereocenters. The Labute approximate surface area is 102 Å². The van der Waals surface area contributed by atoms with Gasteiger partial charge in [0.1, 0.15) is 0 Å². The summed E-state index contributed by atoms with van der Waals surface area (Å²) in [6.07, 6.45) is 2.46. The molecular weight excluding hydrogens is 220 g/mol. The average Bonchev–Trinajstić information content (AvgIpc) is 2.25. The monoisotopic (exact) mass is 242 g/mol. The lowest BCUT2D eigenvalue weighted by atomic mass is 9.96. The van der Waals surface area contributed by atoms with Crippen LogP contribution >= 0.6 is 0 Å². The minimum absolute atomic E-state index is 0.0227. The van der Waals surface area contributed by atoms with Crippen LogP contribution in [0, 0.1) is 5.92 Å². The van der Waals surface area contributed by atoms with Gasteiger partial charge in [0, 0.05) is 25.0 Å². The normalized spacial score (nSPS) is 21.4. The van der Waals surface area contributed by atoms with Crippen LogP contribution in [0.3, 0.4) is 0 Å². The second kappa shape index (κ2) is 5.49. The highest BCUT2D eigenvalue weighted by molar-refractivity contribution is 5.78. The van der Waals surface area contributed by atoms with Crippen molar-refractivity contribution in [2.75, 3.05) is 13.1 Å². The van der Waals surface area contributed by atoms with Crippen LogP contribution in [-0.2, 0) is 9.59 Å². The van der Waals surface area contributed by atoms with Crippen molar-refractivity contribution >= 4 is 11.9 Å². The molecule has 0 saturated carbocycles. The van der Waals surface area contributed by atoms with Gasteiger partial charge in [0.05, 0.1) is 5.92 Å². The predicted molar refractivity (Wildman–Crippen MR) is 64.4 cm³/mol. The minimum atomic E-state index is -0.804. The van der Waals surface area contributed by atoms with Crippen LogP contribution in [0.4, 0.5) is 0 Å². The first-order valence-electron chi connectivity index (χ1n) is 6.09. The van der Waals surface area contributed by atoms with Crippen molar-refractivity contribution in [3.63, 3.8) is 0 Å². The van der Waals surface area contributed by atoms with Crippen LogP contribution < -0.4 is 5.73 Å². The molecule has 0 bridgehead atoms. The van der Waals surface area contributed by atoms with Crippen molar-refractivity contribution in [3.05, 3.63) is 0 Å². The Hall–Kier alpha value is -1.10. The molecule has 0 radical (unpaired) electrons. The van der Waals surface area contributed by atoms with E-state index >= 15 is 0 Å². The maximum atomic E-state index is 11.9. The number of likely N-dealkylation sites (tertiary alicyclic amines) is 1. The fourth-order valence-corrected chi connectivity index (χ4v) is 1.99. The van der Waals surface area contributed by atoms with Gasteiger partial charge in [0.15, 0.2) is 0 Å². The van der Waals surface area contributed by atoms with E-state index in [1.54, 1.807) is 4.90 Å². The van der Waals surface area contributed by atoms with E-state index in [0.717, 1.165) is 6.42 Å². The summed E-state index contributed by atoms with van der Waals surface area (Å²) in [5, 5.41) is 8.94. The van der Waals surface area contributed by atoms with Crippen molar-refractivity contribution in [3.8, 4) is 0 Å². The molecule has 1 amide bonds. The topological polar surface area (TPSA) is 83.6 Å². The Bertz CT molecular complexity index is 297. The zero-order valence-electron chi connectivity index (χ0n) is 10.6. The van der Waals surface area contributed by atoms with E-state index < -0.39 is 11.9 Å².